The number of nitrogens with two attached hydrogens (primary N) is 1. The van der Waals surface area contributed by atoms with Crippen molar-refractivity contribution in [1.29, 1.82) is 0 Å². The fraction of sp³-hybridized carbons (Fsp3) is 0.571. The highest BCUT2D eigenvalue weighted by Gasteiger charge is 2.23. The summed E-state index contributed by atoms with van der Waals surface area (Å²) in [5.74, 6) is 1.61. The molecule has 1 aliphatic rings. The van der Waals surface area contributed by atoms with Crippen molar-refractivity contribution in [1.82, 2.24) is 0 Å². The van der Waals surface area contributed by atoms with Crippen LogP contribution in [0.1, 0.15) is 42.9 Å². The molecule has 0 spiro atoms. The molecule has 3 heteroatoms. The van der Waals surface area contributed by atoms with Crippen LogP contribution in [-0.4, -0.2) is 7.11 Å². The highest BCUT2D eigenvalue weighted by Crippen LogP contribution is 2.35. The number of methoxy groups -OCH3 is 1. The van der Waals surface area contributed by atoms with Crippen LogP contribution >= 0.6 is 12.4 Å². The smallest absolute Gasteiger partial charge is 0.122 e. The van der Waals surface area contributed by atoms with E-state index in [1.165, 1.54) is 36.8 Å². The van der Waals surface area contributed by atoms with Crippen LogP contribution in [0.25, 0.3) is 0 Å². The van der Waals surface area contributed by atoms with Crippen molar-refractivity contribution >= 4 is 12.4 Å². The molecule has 0 amide bonds. The molecule has 0 unspecified atom stereocenters. The van der Waals surface area contributed by atoms with Crippen LogP contribution in [0.5, 0.6) is 5.75 Å². The minimum Gasteiger partial charge on any atom is -0.496 e. The van der Waals surface area contributed by atoms with E-state index in [0.29, 0.717) is 5.92 Å². The van der Waals surface area contributed by atoms with Crippen LogP contribution in [0.2, 0.25) is 0 Å². The van der Waals surface area contributed by atoms with Crippen molar-refractivity contribution in [2.24, 2.45) is 11.7 Å². The molecule has 1 aromatic rings. The summed E-state index contributed by atoms with van der Waals surface area (Å²) in [6.07, 6.45) is 5.22. The maximum Gasteiger partial charge on any atom is 0.122 e. The molecular weight excluding hydrogens is 234 g/mol. The van der Waals surface area contributed by atoms with Gasteiger partial charge in [0.25, 0.3) is 0 Å². The van der Waals surface area contributed by atoms with Gasteiger partial charge >= 0.3 is 0 Å². The Morgan fingerprint density at radius 2 is 1.94 bits per heavy atom. The van der Waals surface area contributed by atoms with E-state index in [0.717, 1.165) is 5.75 Å². The predicted octanol–water partition coefficient (Wildman–Crippen LogP) is 3.62. The Morgan fingerprint density at radius 3 is 2.53 bits per heavy atom. The third-order valence-electron chi connectivity index (χ3n) is 3.72. The van der Waals surface area contributed by atoms with E-state index in [9.17, 15) is 0 Å². The summed E-state index contributed by atoms with van der Waals surface area (Å²) in [5, 5.41) is 0. The summed E-state index contributed by atoms with van der Waals surface area (Å²) in [5.41, 5.74) is 8.71. The number of hydrogen-bond acceptors (Lipinski definition) is 2. The lowest BCUT2D eigenvalue weighted by Crippen LogP contribution is -2.19. The summed E-state index contributed by atoms with van der Waals surface area (Å²) in [4.78, 5) is 0. The van der Waals surface area contributed by atoms with Gasteiger partial charge in [0.05, 0.1) is 7.11 Å². The quantitative estimate of drug-likeness (QED) is 0.896. The largest absolute Gasteiger partial charge is 0.496 e. The van der Waals surface area contributed by atoms with Crippen LogP contribution in [0.3, 0.4) is 0 Å². The van der Waals surface area contributed by atoms with E-state index in [1.807, 2.05) is 0 Å². The average molecular weight is 256 g/mol. The Labute approximate surface area is 110 Å². The fourth-order valence-corrected chi connectivity index (χ4v) is 2.63. The molecule has 96 valence electrons. The molecule has 0 aromatic heterocycles. The standard InChI is InChI=1S/C14H21NO.ClH/c1-10-7-8-12(9-13(10)16-2)14(15)11-5-3-4-6-11;/h7-9,11,14H,3-6,15H2,1-2H3;1H/t14-;/m1./s1. The third kappa shape index (κ3) is 3.14. The van der Waals surface area contributed by atoms with E-state index in [4.69, 9.17) is 10.5 Å². The summed E-state index contributed by atoms with van der Waals surface area (Å²) < 4.78 is 5.34. The normalized spacial score (nSPS) is 17.6. The van der Waals surface area contributed by atoms with Crippen molar-refractivity contribution in [3.05, 3.63) is 29.3 Å². The molecule has 1 aliphatic carbocycles. The van der Waals surface area contributed by atoms with Crippen LogP contribution < -0.4 is 10.5 Å². The monoisotopic (exact) mass is 255 g/mol. The van der Waals surface area contributed by atoms with Gasteiger partial charge in [-0.2, -0.15) is 0 Å². The number of aryl methyl sites for hydroxylation is 1. The predicted molar refractivity (Wildman–Crippen MR) is 73.9 cm³/mol. The Kier molecular flexibility index (Phi) is 5.29. The summed E-state index contributed by atoms with van der Waals surface area (Å²) in [7, 11) is 1.72. The van der Waals surface area contributed by atoms with Gasteiger partial charge in [0.2, 0.25) is 0 Å². The number of ether oxygens (including phenoxy) is 1. The molecule has 0 saturated heterocycles. The first-order valence-electron chi connectivity index (χ1n) is 6.12. The van der Waals surface area contributed by atoms with E-state index in [1.54, 1.807) is 7.11 Å². The van der Waals surface area contributed by atoms with Gasteiger partial charge in [0.1, 0.15) is 5.75 Å². The van der Waals surface area contributed by atoms with Crippen LogP contribution in [0.15, 0.2) is 18.2 Å². The summed E-state index contributed by atoms with van der Waals surface area (Å²) in [6, 6.07) is 6.51. The molecule has 0 bridgehead atoms. The van der Waals surface area contributed by atoms with E-state index < -0.39 is 0 Å². The molecular formula is C14H22ClNO. The maximum absolute atomic E-state index is 6.32. The van der Waals surface area contributed by atoms with Gasteiger partial charge in [-0.05, 0) is 42.9 Å². The van der Waals surface area contributed by atoms with Crippen molar-refractivity contribution in [3.63, 3.8) is 0 Å². The van der Waals surface area contributed by atoms with E-state index >= 15 is 0 Å². The number of halogens is 1. The van der Waals surface area contributed by atoms with Crippen LogP contribution in [0.4, 0.5) is 0 Å². The topological polar surface area (TPSA) is 35.2 Å². The average Bonchev–Trinajstić information content (AvgIpc) is 2.82. The zero-order valence-corrected chi connectivity index (χ0v) is 11.4. The Hall–Kier alpha value is -0.730. The zero-order chi connectivity index (χ0) is 11.5. The lowest BCUT2D eigenvalue weighted by molar-refractivity contribution is 0.406. The highest BCUT2D eigenvalue weighted by molar-refractivity contribution is 5.85. The van der Waals surface area contributed by atoms with Crippen molar-refractivity contribution in [2.45, 2.75) is 38.6 Å². The van der Waals surface area contributed by atoms with Gasteiger partial charge in [0.15, 0.2) is 0 Å². The lowest BCUT2D eigenvalue weighted by atomic mass is 9.92. The lowest BCUT2D eigenvalue weighted by Gasteiger charge is -2.20. The molecule has 2 rings (SSSR count). The van der Waals surface area contributed by atoms with Gasteiger partial charge in [-0.3, -0.25) is 0 Å². The molecule has 0 radical (unpaired) electrons. The third-order valence-corrected chi connectivity index (χ3v) is 3.72. The highest BCUT2D eigenvalue weighted by atomic mass is 35.5. The molecule has 0 aliphatic heterocycles. The first-order valence-corrected chi connectivity index (χ1v) is 6.12. The second-order valence-corrected chi connectivity index (χ2v) is 4.80. The molecule has 1 atom stereocenters. The van der Waals surface area contributed by atoms with E-state index in [2.05, 4.69) is 25.1 Å². The number of rotatable bonds is 3. The fourth-order valence-electron chi connectivity index (χ4n) is 2.63. The van der Waals surface area contributed by atoms with Gasteiger partial charge in [-0.15, -0.1) is 12.4 Å². The molecule has 0 heterocycles. The number of hydrogen-bond donors (Lipinski definition) is 1. The Bertz CT molecular complexity index is 361. The van der Waals surface area contributed by atoms with Gasteiger partial charge < -0.3 is 10.5 Å². The molecule has 17 heavy (non-hydrogen) atoms. The Morgan fingerprint density at radius 1 is 1.29 bits per heavy atom. The van der Waals surface area contributed by atoms with Gasteiger partial charge in [-0.25, -0.2) is 0 Å². The van der Waals surface area contributed by atoms with Crippen LogP contribution in [-0.2, 0) is 0 Å². The van der Waals surface area contributed by atoms with Crippen LogP contribution in [0, 0.1) is 12.8 Å². The first-order chi connectivity index (χ1) is 7.72. The minimum absolute atomic E-state index is 0. The first kappa shape index (κ1) is 14.3. The van der Waals surface area contributed by atoms with Crippen molar-refractivity contribution in [3.8, 4) is 5.75 Å². The zero-order valence-electron chi connectivity index (χ0n) is 10.6. The van der Waals surface area contributed by atoms with Crippen molar-refractivity contribution < 1.29 is 4.74 Å². The minimum atomic E-state index is 0. The second kappa shape index (κ2) is 6.27. The molecule has 1 saturated carbocycles. The SMILES string of the molecule is COc1cc([C@H](N)C2CCCC2)ccc1C.Cl. The Balaban J connectivity index is 0.00000144. The molecule has 2 nitrogen and oxygen atoms in total. The summed E-state index contributed by atoms with van der Waals surface area (Å²) in [6.45, 7) is 2.06. The molecule has 1 fully saturated rings. The van der Waals surface area contributed by atoms with Crippen molar-refractivity contribution in [2.75, 3.05) is 7.11 Å². The van der Waals surface area contributed by atoms with E-state index in [-0.39, 0.29) is 18.4 Å². The maximum atomic E-state index is 6.32. The molecule has 2 N–H and O–H groups in total. The van der Waals surface area contributed by atoms with Gasteiger partial charge in [0, 0.05) is 6.04 Å². The summed E-state index contributed by atoms with van der Waals surface area (Å²) >= 11 is 0. The molecule has 1 aromatic carbocycles. The number of benzene rings is 1. The van der Waals surface area contributed by atoms with Gasteiger partial charge in [-0.1, -0.05) is 25.0 Å². The second-order valence-electron chi connectivity index (χ2n) is 4.80.